The highest BCUT2D eigenvalue weighted by Gasteiger charge is 2.38. The molecule has 6 atom stereocenters. The molecule has 3 saturated heterocycles. The summed E-state index contributed by atoms with van der Waals surface area (Å²) < 4.78 is 6.04. The fourth-order valence-electron chi connectivity index (χ4n) is 16.0. The number of hydrogen-bond donors (Lipinski definition) is 3. The van der Waals surface area contributed by atoms with Gasteiger partial charge in [-0.2, -0.15) is 30.6 Å². The molecule has 0 spiro atoms. The van der Waals surface area contributed by atoms with Crippen molar-refractivity contribution in [1.82, 2.24) is 90.6 Å². The van der Waals surface area contributed by atoms with Crippen LogP contribution in [0.25, 0.3) is 49.8 Å². The van der Waals surface area contributed by atoms with E-state index >= 15 is 0 Å². The first-order valence-corrected chi connectivity index (χ1v) is 37.0. The highest BCUT2D eigenvalue weighted by atomic mass is 16.2. The van der Waals surface area contributed by atoms with Crippen molar-refractivity contribution >= 4 is 67.9 Å². The Morgan fingerprint density at radius 3 is 1.29 bits per heavy atom. The molecule has 3 aliphatic heterocycles. The number of aromatic nitrogens is 12. The van der Waals surface area contributed by atoms with Crippen LogP contribution in [0.4, 0.5) is 17.5 Å². The van der Waals surface area contributed by atoms with Gasteiger partial charge in [-0.25, -0.2) is 14.0 Å². The Morgan fingerprint density at radius 1 is 0.451 bits per heavy atom. The first kappa shape index (κ1) is 72.8. The van der Waals surface area contributed by atoms with Crippen LogP contribution in [0.5, 0.6) is 0 Å². The van der Waals surface area contributed by atoms with Crippen LogP contribution in [-0.2, 0) is 27.2 Å². The monoisotopic (exact) mass is 1390 g/mol. The van der Waals surface area contributed by atoms with Gasteiger partial charge in [-0.1, -0.05) is 48.9 Å². The number of carbonyl (C=O) groups excluding carboxylic acids is 3. The summed E-state index contributed by atoms with van der Waals surface area (Å²) in [5.41, 5.74) is 14.4. The number of anilines is 3. The Hall–Kier alpha value is -9.00. The summed E-state index contributed by atoms with van der Waals surface area (Å²) in [5, 5.41) is 57.3. The second kappa shape index (κ2) is 32.1. The van der Waals surface area contributed by atoms with Gasteiger partial charge < -0.3 is 45.3 Å². The standard InChI is InChI=1S/C78H107N21O3/c1-49-18-26-62(27-19-49)97-54(6)69-52(4)83-86-75(72(69)89-97)95-41-32-59(45-67(100)79-35-15-38-91(9)10)61(48-95)44-58-23-30-64(31-24-58)99-56(8)70-53(5)84-87-76(73(70)90-99)96-43-34-66(78(102)81-37-17-40-93(13)14)60(47-96)25-20-57-21-28-63(29-22-57)98-55(7)68-51(3)82-85-74(71(68)88-98)94-42-33-65(50(2)46-94)77(101)80-36-16-39-92(11)12/h18-19,21-24,26-31,50,59-61,65-66H,15-17,20,25,32-48H2,1-14H3,(H,79,100)(H,80,101)(H,81,102)/t50-,59?,60+,61?,65-,66+/m0/s1. The van der Waals surface area contributed by atoms with Crippen LogP contribution >= 0.6 is 0 Å². The molecule has 3 aromatic carbocycles. The molecule has 24 heteroatoms. The minimum Gasteiger partial charge on any atom is -0.356 e. The van der Waals surface area contributed by atoms with E-state index in [0.29, 0.717) is 65.2 Å². The maximum atomic E-state index is 14.3. The van der Waals surface area contributed by atoms with Crippen LogP contribution < -0.4 is 30.7 Å². The van der Waals surface area contributed by atoms with E-state index in [4.69, 9.17) is 40.8 Å². The number of nitrogens with one attached hydrogen (secondary N) is 3. The summed E-state index contributed by atoms with van der Waals surface area (Å²) in [6, 6.07) is 25.9. The molecular formula is C78H107N21O3. The van der Waals surface area contributed by atoms with Crippen molar-refractivity contribution in [3.63, 3.8) is 0 Å². The smallest absolute Gasteiger partial charge is 0.223 e. The summed E-state index contributed by atoms with van der Waals surface area (Å²) in [4.78, 5) is 54.7. The highest BCUT2D eigenvalue weighted by Crippen LogP contribution is 2.39. The molecule has 24 nitrogen and oxygen atoms in total. The van der Waals surface area contributed by atoms with E-state index in [1.165, 1.54) is 16.7 Å². The highest BCUT2D eigenvalue weighted by molar-refractivity contribution is 5.95. The first-order chi connectivity index (χ1) is 49.1. The van der Waals surface area contributed by atoms with Gasteiger partial charge in [-0.15, -0.1) is 15.3 Å². The largest absolute Gasteiger partial charge is 0.356 e. The van der Waals surface area contributed by atoms with Crippen molar-refractivity contribution in [2.75, 3.05) is 136 Å². The van der Waals surface area contributed by atoms with E-state index in [1.807, 2.05) is 34.8 Å². The van der Waals surface area contributed by atoms with Crippen molar-refractivity contribution in [3.8, 4) is 17.1 Å². The van der Waals surface area contributed by atoms with Gasteiger partial charge in [0.2, 0.25) is 17.7 Å². The second-order valence-corrected chi connectivity index (χ2v) is 30.2. The maximum absolute atomic E-state index is 14.3. The molecule has 3 aliphatic rings. The topological polar surface area (TPSA) is 238 Å². The lowest BCUT2D eigenvalue weighted by molar-refractivity contribution is -0.128. The fraction of sp³-hybridized carbons (Fsp3) is 0.538. The quantitative estimate of drug-likeness (QED) is 0.0407. The van der Waals surface area contributed by atoms with E-state index in [-0.39, 0.29) is 53.2 Å². The van der Waals surface area contributed by atoms with Gasteiger partial charge in [0.15, 0.2) is 17.5 Å². The van der Waals surface area contributed by atoms with E-state index < -0.39 is 0 Å². The molecule has 0 bridgehead atoms. The summed E-state index contributed by atoms with van der Waals surface area (Å²) in [6.45, 7) is 25.4. The van der Waals surface area contributed by atoms with Crippen LogP contribution in [0.3, 0.4) is 0 Å². The Bertz CT molecular complexity index is 4410. The van der Waals surface area contributed by atoms with Gasteiger partial charge >= 0.3 is 0 Å². The number of rotatable bonds is 27. The summed E-state index contributed by atoms with van der Waals surface area (Å²) >= 11 is 0. The molecule has 542 valence electrons. The molecule has 3 N–H and O–H groups in total. The number of carbonyl (C=O) groups is 3. The minimum absolute atomic E-state index is 0.0209. The van der Waals surface area contributed by atoms with Crippen LogP contribution in [0.15, 0.2) is 72.8 Å². The predicted molar refractivity (Wildman–Crippen MR) is 405 cm³/mol. The predicted octanol–water partition coefficient (Wildman–Crippen LogP) is 9.05. The molecule has 9 aromatic rings. The number of amides is 3. The lowest BCUT2D eigenvalue weighted by Gasteiger charge is -2.39. The normalized spacial score (nSPS) is 19.0. The van der Waals surface area contributed by atoms with Crippen molar-refractivity contribution < 1.29 is 14.4 Å². The Morgan fingerprint density at radius 2 is 0.843 bits per heavy atom. The lowest BCUT2D eigenvalue weighted by Crippen LogP contribution is -2.47. The first-order valence-electron chi connectivity index (χ1n) is 37.0. The zero-order chi connectivity index (χ0) is 72.0. The molecule has 6 aromatic heterocycles. The number of piperidine rings is 3. The number of fused-ring (bicyclic) bond motifs is 3. The third-order valence-electron chi connectivity index (χ3n) is 21.7. The zero-order valence-electron chi connectivity index (χ0n) is 62.7. The van der Waals surface area contributed by atoms with Gasteiger partial charge in [0.05, 0.1) is 67.4 Å². The van der Waals surface area contributed by atoms with Crippen LogP contribution in [0, 0.1) is 84.0 Å². The van der Waals surface area contributed by atoms with Gasteiger partial charge in [0.25, 0.3) is 0 Å². The van der Waals surface area contributed by atoms with Crippen LogP contribution in [0.1, 0.15) is 109 Å². The third-order valence-corrected chi connectivity index (χ3v) is 21.7. The van der Waals surface area contributed by atoms with Gasteiger partial charge in [0, 0.05) is 77.2 Å². The van der Waals surface area contributed by atoms with Crippen molar-refractivity contribution in [3.05, 3.63) is 124 Å². The fourth-order valence-corrected chi connectivity index (χ4v) is 16.0. The van der Waals surface area contributed by atoms with Crippen LogP contribution in [0.2, 0.25) is 0 Å². The second-order valence-electron chi connectivity index (χ2n) is 30.2. The molecule has 0 saturated carbocycles. The molecular weight excluding hydrogens is 1280 g/mol. The maximum Gasteiger partial charge on any atom is 0.223 e. The molecule has 9 heterocycles. The summed E-state index contributed by atoms with van der Waals surface area (Å²) in [7, 11) is 12.3. The molecule has 12 rings (SSSR count). The minimum atomic E-state index is -0.178. The van der Waals surface area contributed by atoms with Crippen LogP contribution in [-0.4, -0.2) is 213 Å². The molecule has 3 fully saturated rings. The number of nitrogens with zero attached hydrogens (tertiary/aromatic N) is 18. The number of aryl methyl sites for hydroxylation is 8. The van der Waals surface area contributed by atoms with Gasteiger partial charge in [-0.3, -0.25) is 14.4 Å². The third kappa shape index (κ3) is 16.2. The molecule has 102 heavy (non-hydrogen) atoms. The van der Waals surface area contributed by atoms with E-state index in [0.717, 1.165) is 179 Å². The average molecular weight is 1390 g/mol. The van der Waals surface area contributed by atoms with E-state index in [1.54, 1.807) is 0 Å². The van der Waals surface area contributed by atoms with E-state index in [9.17, 15) is 14.4 Å². The molecule has 2 unspecified atom stereocenters. The van der Waals surface area contributed by atoms with Gasteiger partial charge in [0.1, 0.15) is 16.6 Å². The molecule has 0 aliphatic carbocycles. The Labute approximate surface area is 601 Å². The Balaban J connectivity index is 0.757. The molecule has 3 amide bonds. The van der Waals surface area contributed by atoms with Crippen molar-refractivity contribution in [1.29, 1.82) is 0 Å². The number of benzene rings is 3. The molecule has 0 radical (unpaired) electrons. The van der Waals surface area contributed by atoms with E-state index in [2.05, 4.69) is 200 Å². The summed E-state index contributed by atoms with van der Waals surface area (Å²) in [6.07, 6.45) is 7.72. The Kier molecular flexibility index (Phi) is 22.9. The number of hydrogen-bond acceptors (Lipinski definition) is 18. The van der Waals surface area contributed by atoms with Gasteiger partial charge in [-0.05, 0) is 239 Å². The van der Waals surface area contributed by atoms with Crippen molar-refractivity contribution in [2.45, 2.75) is 120 Å². The average Bonchev–Trinajstić information content (AvgIpc) is 1.61. The SMILES string of the molecule is Cc1ccc(-n2nc3c(N4CCC(CC(=O)NCCCN(C)C)C(Cc5ccc(-n6nc7c(N8CC[C@@H](C(=O)NCCCN(C)C)[C@H](CCc9ccc(-n%10nc%11c(N%12CC[C@H](C(=O)NCCCN(C)C)[C@@H](C)C%12)nnc(C)c%11c%10C)cc9)C8)nnc(C)c7c6C)cc5)C4)nnc(C)c3c2C)cc1. The summed E-state index contributed by atoms with van der Waals surface area (Å²) in [5.74, 6) is 2.83. The zero-order valence-corrected chi connectivity index (χ0v) is 62.7. The lowest BCUT2D eigenvalue weighted by atomic mass is 9.79. The van der Waals surface area contributed by atoms with Crippen molar-refractivity contribution in [2.24, 2.45) is 35.5 Å².